The number of ketones is 2. The normalized spacial score (nSPS) is 14.2. The van der Waals surface area contributed by atoms with Gasteiger partial charge in [-0.25, -0.2) is 4.98 Å². The molecule has 176 valence electrons. The molecule has 0 atom stereocenters. The zero-order valence-electron chi connectivity index (χ0n) is 20.4. The Kier molecular flexibility index (Phi) is 5.07. The molecule has 2 aromatic heterocycles. The van der Waals surface area contributed by atoms with E-state index < -0.39 is 0 Å². The highest BCUT2D eigenvalue weighted by molar-refractivity contribution is 6.41. The van der Waals surface area contributed by atoms with Crippen LogP contribution in [0.5, 0.6) is 0 Å². The van der Waals surface area contributed by atoms with Gasteiger partial charge in [-0.3, -0.25) is 14.2 Å². The minimum atomic E-state index is -0.219. The van der Waals surface area contributed by atoms with E-state index in [4.69, 9.17) is 4.98 Å². The van der Waals surface area contributed by atoms with Gasteiger partial charge < -0.3 is 4.57 Å². The van der Waals surface area contributed by atoms with Gasteiger partial charge in [0.05, 0.1) is 16.8 Å². The molecule has 0 unspecified atom stereocenters. The third-order valence-electron chi connectivity index (χ3n) is 7.05. The van der Waals surface area contributed by atoms with Crippen LogP contribution in [0, 0.1) is 6.92 Å². The summed E-state index contributed by atoms with van der Waals surface area (Å²) in [5.41, 5.74) is 7.69. The highest BCUT2D eigenvalue weighted by Gasteiger charge is 2.34. The van der Waals surface area contributed by atoms with Crippen LogP contribution in [0.3, 0.4) is 0 Å². The molecule has 2 heterocycles. The van der Waals surface area contributed by atoms with Gasteiger partial charge in [-0.2, -0.15) is 0 Å². The lowest BCUT2D eigenvalue weighted by Crippen LogP contribution is -2.03. The summed E-state index contributed by atoms with van der Waals surface area (Å²) in [6.45, 7) is 4.05. The molecular weight excluding hydrogens is 446 g/mol. The summed E-state index contributed by atoms with van der Waals surface area (Å²) in [5.74, 6) is 0.420. The maximum Gasteiger partial charge on any atom is 0.197 e. The van der Waals surface area contributed by atoms with Crippen LogP contribution in [0.2, 0.25) is 0 Å². The van der Waals surface area contributed by atoms with Crippen LogP contribution in [0.4, 0.5) is 0 Å². The highest BCUT2D eigenvalue weighted by Crippen LogP contribution is 2.34. The van der Waals surface area contributed by atoms with E-state index in [1.807, 2.05) is 97.4 Å². The van der Waals surface area contributed by atoms with Gasteiger partial charge >= 0.3 is 0 Å². The average molecular weight is 472 g/mol. The van der Waals surface area contributed by atoms with Crippen molar-refractivity contribution in [2.45, 2.75) is 20.3 Å². The molecule has 0 bridgehead atoms. The van der Waals surface area contributed by atoms with Crippen molar-refractivity contribution in [1.82, 2.24) is 14.1 Å². The van der Waals surface area contributed by atoms with E-state index in [0.29, 0.717) is 11.1 Å². The lowest BCUT2D eigenvalue weighted by atomic mass is 9.99. The number of benzene rings is 3. The molecule has 1 aliphatic rings. The number of rotatable bonds is 4. The predicted octanol–water partition coefficient (Wildman–Crippen LogP) is 6.36. The Morgan fingerprint density at radius 2 is 1.50 bits per heavy atom. The number of hydrogen-bond donors (Lipinski definition) is 0. The smallest absolute Gasteiger partial charge is 0.197 e. The molecule has 6 rings (SSSR count). The Balaban J connectivity index is 1.55. The minimum absolute atomic E-state index is 0.195. The third-order valence-corrected chi connectivity index (χ3v) is 7.05. The van der Waals surface area contributed by atoms with E-state index in [-0.39, 0.29) is 17.1 Å². The number of carbonyl (C=O) groups excluding carboxylic acids is 2. The van der Waals surface area contributed by atoms with Crippen molar-refractivity contribution in [3.8, 4) is 17.1 Å². The summed E-state index contributed by atoms with van der Waals surface area (Å²) < 4.78 is 4.07. The number of aromatic nitrogens is 3. The summed E-state index contributed by atoms with van der Waals surface area (Å²) in [6, 6.07) is 25.7. The van der Waals surface area contributed by atoms with Crippen molar-refractivity contribution in [3.05, 3.63) is 112 Å². The van der Waals surface area contributed by atoms with Crippen LogP contribution >= 0.6 is 0 Å². The number of Topliss-reactive ketones (excluding diaryl/α,β-unsaturated/α-hetero) is 2. The molecule has 5 aromatic rings. The molecule has 3 aromatic carbocycles. The lowest BCUT2D eigenvalue weighted by Gasteiger charge is -2.08. The van der Waals surface area contributed by atoms with Gasteiger partial charge in [-0.1, -0.05) is 55.5 Å². The summed E-state index contributed by atoms with van der Waals surface area (Å²) >= 11 is 0. The molecule has 0 saturated carbocycles. The molecule has 1 aliphatic carbocycles. The summed E-state index contributed by atoms with van der Waals surface area (Å²) in [5, 5.41) is 0. The second kappa shape index (κ2) is 8.31. The predicted molar refractivity (Wildman–Crippen MR) is 143 cm³/mol. The summed E-state index contributed by atoms with van der Waals surface area (Å²) in [7, 11) is 1.99. The first-order chi connectivity index (χ1) is 17.5. The third kappa shape index (κ3) is 3.28. The first-order valence-corrected chi connectivity index (χ1v) is 12.1. The Morgan fingerprint density at radius 3 is 2.17 bits per heavy atom. The first-order valence-electron chi connectivity index (χ1n) is 12.1. The molecule has 0 spiro atoms. The van der Waals surface area contributed by atoms with Crippen molar-refractivity contribution >= 4 is 28.8 Å². The molecular formula is C31H25N3O2. The van der Waals surface area contributed by atoms with Crippen molar-refractivity contribution < 1.29 is 9.59 Å². The van der Waals surface area contributed by atoms with Crippen molar-refractivity contribution in [1.29, 1.82) is 0 Å². The molecule has 0 amide bonds. The van der Waals surface area contributed by atoms with Gasteiger partial charge in [-0.05, 0) is 60.9 Å². The number of fused-ring (bicyclic) bond motifs is 2. The van der Waals surface area contributed by atoms with Gasteiger partial charge in [-0.15, -0.1) is 0 Å². The van der Waals surface area contributed by atoms with E-state index in [9.17, 15) is 9.59 Å². The SMILES string of the molecule is CCc1cc2c(cc1C)C(=O)/C(=C\c1cc3c(nc(-c4ccccc4)n3C)n1-c1ccccc1)C2=O. The van der Waals surface area contributed by atoms with E-state index in [2.05, 4.69) is 11.5 Å². The van der Waals surface area contributed by atoms with E-state index >= 15 is 0 Å². The van der Waals surface area contributed by atoms with Crippen LogP contribution in [0.1, 0.15) is 44.5 Å². The van der Waals surface area contributed by atoms with Crippen LogP contribution < -0.4 is 0 Å². The fraction of sp³-hybridized carbons (Fsp3) is 0.129. The maximum atomic E-state index is 13.4. The van der Waals surface area contributed by atoms with Crippen LogP contribution in [-0.2, 0) is 13.5 Å². The minimum Gasteiger partial charge on any atom is -0.326 e. The number of nitrogens with zero attached hydrogens (tertiary/aromatic N) is 3. The highest BCUT2D eigenvalue weighted by atomic mass is 16.2. The molecule has 0 fully saturated rings. The quantitative estimate of drug-likeness (QED) is 0.226. The Labute approximate surface area is 209 Å². The fourth-order valence-electron chi connectivity index (χ4n) is 5.13. The zero-order valence-corrected chi connectivity index (χ0v) is 20.4. The molecule has 0 saturated heterocycles. The van der Waals surface area contributed by atoms with E-state index in [0.717, 1.165) is 51.5 Å². The first kappa shape index (κ1) is 22.0. The standard InChI is InChI=1S/C31H25N3O2/c1-4-20-16-25-24(15-19(20)2)28(35)26(29(25)36)17-23-18-27-31(34(23)22-13-9-6-10-14-22)32-30(33(27)3)21-11-7-5-8-12-21/h5-18H,4H2,1-3H3/b26-17+. The van der Waals surface area contributed by atoms with Crippen molar-refractivity contribution in [2.75, 3.05) is 0 Å². The lowest BCUT2D eigenvalue weighted by molar-refractivity contribution is 0.0990. The van der Waals surface area contributed by atoms with Gasteiger partial charge in [0.25, 0.3) is 0 Å². The number of allylic oxidation sites excluding steroid dienone is 1. The molecule has 0 radical (unpaired) electrons. The number of para-hydroxylation sites is 1. The van der Waals surface area contributed by atoms with Crippen molar-refractivity contribution in [3.63, 3.8) is 0 Å². The average Bonchev–Trinajstić information content (AvgIpc) is 3.49. The van der Waals surface area contributed by atoms with Crippen molar-refractivity contribution in [2.24, 2.45) is 7.05 Å². The molecule has 0 aliphatic heterocycles. The maximum absolute atomic E-state index is 13.4. The topological polar surface area (TPSA) is 56.9 Å². The fourth-order valence-corrected chi connectivity index (χ4v) is 5.13. The van der Waals surface area contributed by atoms with E-state index in [1.165, 1.54) is 0 Å². The molecule has 36 heavy (non-hydrogen) atoms. The molecule has 0 N–H and O–H groups in total. The number of hydrogen-bond acceptors (Lipinski definition) is 3. The number of imidazole rings is 1. The van der Waals surface area contributed by atoms with Gasteiger partial charge in [0, 0.05) is 29.4 Å². The summed E-state index contributed by atoms with van der Waals surface area (Å²) in [4.78, 5) is 31.7. The Bertz CT molecular complexity index is 1700. The molecule has 5 nitrogen and oxygen atoms in total. The van der Waals surface area contributed by atoms with Gasteiger partial charge in [0.2, 0.25) is 0 Å². The second-order valence-corrected chi connectivity index (χ2v) is 9.20. The zero-order chi connectivity index (χ0) is 25.0. The monoisotopic (exact) mass is 471 g/mol. The van der Waals surface area contributed by atoms with Crippen LogP contribution in [0.15, 0.2) is 84.4 Å². The number of carbonyl (C=O) groups is 2. The van der Waals surface area contributed by atoms with Crippen LogP contribution in [0.25, 0.3) is 34.3 Å². The Hall–Kier alpha value is -4.51. The largest absolute Gasteiger partial charge is 0.326 e. The van der Waals surface area contributed by atoms with Crippen LogP contribution in [-0.4, -0.2) is 25.7 Å². The number of aryl methyl sites for hydroxylation is 3. The summed E-state index contributed by atoms with van der Waals surface area (Å²) in [6.07, 6.45) is 2.54. The molecule has 5 heteroatoms. The van der Waals surface area contributed by atoms with Gasteiger partial charge in [0.1, 0.15) is 5.82 Å². The Morgan fingerprint density at radius 1 is 0.861 bits per heavy atom. The van der Waals surface area contributed by atoms with Gasteiger partial charge in [0.15, 0.2) is 17.2 Å². The van der Waals surface area contributed by atoms with E-state index in [1.54, 1.807) is 6.08 Å². The second-order valence-electron chi connectivity index (χ2n) is 9.20.